The summed E-state index contributed by atoms with van der Waals surface area (Å²) in [6.45, 7) is 5.18. The van der Waals surface area contributed by atoms with Crippen LogP contribution in [0.3, 0.4) is 0 Å². The van der Waals surface area contributed by atoms with Gasteiger partial charge in [-0.05, 0) is 24.6 Å². The predicted octanol–water partition coefficient (Wildman–Crippen LogP) is 2.57. The number of carbonyl (C=O) groups excluding carboxylic acids is 1. The van der Waals surface area contributed by atoms with E-state index in [2.05, 4.69) is 37.1 Å². The first-order valence-corrected chi connectivity index (χ1v) is 9.99. The maximum Gasteiger partial charge on any atom is 0.246 e. The molecule has 1 amide bonds. The van der Waals surface area contributed by atoms with Crippen molar-refractivity contribution in [1.29, 1.82) is 0 Å². The molecule has 4 rings (SSSR count). The van der Waals surface area contributed by atoms with Crippen LogP contribution in [0.5, 0.6) is 0 Å². The van der Waals surface area contributed by atoms with E-state index in [9.17, 15) is 4.79 Å². The van der Waals surface area contributed by atoms with Gasteiger partial charge in [-0.25, -0.2) is 15.0 Å². The minimum absolute atomic E-state index is 0.0600. The van der Waals surface area contributed by atoms with E-state index in [0.29, 0.717) is 36.6 Å². The van der Waals surface area contributed by atoms with Crippen LogP contribution >= 0.6 is 11.3 Å². The number of nitrogens with zero attached hydrogens (tertiary/aromatic N) is 5. The third-order valence-corrected chi connectivity index (χ3v) is 5.38. The number of rotatable bonds is 7. The normalized spacial score (nSPS) is 16.2. The van der Waals surface area contributed by atoms with E-state index in [4.69, 9.17) is 4.74 Å². The topological polar surface area (TPSA) is 105 Å². The average molecular weight is 411 g/mol. The van der Waals surface area contributed by atoms with Crippen molar-refractivity contribution >= 4 is 44.5 Å². The van der Waals surface area contributed by atoms with Crippen molar-refractivity contribution in [3.63, 3.8) is 0 Å². The summed E-state index contributed by atoms with van der Waals surface area (Å²) in [4.78, 5) is 32.4. The zero-order valence-electron chi connectivity index (χ0n) is 16.0. The molecule has 29 heavy (non-hydrogen) atoms. The summed E-state index contributed by atoms with van der Waals surface area (Å²) in [5, 5.41) is 7.27. The maximum absolute atomic E-state index is 11.8. The van der Waals surface area contributed by atoms with Crippen molar-refractivity contribution in [3.05, 3.63) is 42.7 Å². The van der Waals surface area contributed by atoms with Gasteiger partial charge < -0.3 is 20.3 Å². The molecule has 2 N–H and O–H groups in total. The average Bonchev–Trinajstić information content (AvgIpc) is 3.33. The summed E-state index contributed by atoms with van der Waals surface area (Å²) in [5.41, 5.74) is 1.58. The number of hydrogen-bond donors (Lipinski definition) is 2. The lowest BCUT2D eigenvalue weighted by Gasteiger charge is -2.16. The second-order valence-electron chi connectivity index (χ2n) is 6.59. The molecule has 1 aliphatic rings. The number of carbonyl (C=O) groups is 1. The fraction of sp³-hybridized carbons (Fsp3) is 0.316. The number of anilines is 3. The molecule has 0 saturated carbocycles. The van der Waals surface area contributed by atoms with Crippen LogP contribution in [0.2, 0.25) is 0 Å². The summed E-state index contributed by atoms with van der Waals surface area (Å²) in [6.07, 6.45) is 3.91. The van der Waals surface area contributed by atoms with Gasteiger partial charge >= 0.3 is 0 Å². The Morgan fingerprint density at radius 2 is 2.34 bits per heavy atom. The minimum atomic E-state index is -0.0600. The standard InChI is InChI=1S/C19H21N7O2S/c1-3-16(27)26-8-6-12(10-26)21-18-22-13(11-28-2)9-15(24-18)25-19-23-14-5-4-7-20-17(14)29-19/h3-5,7,9,12H,1,6,8,10-11H2,2H3,(H2,21,22,23,24,25). The van der Waals surface area contributed by atoms with E-state index in [1.165, 1.54) is 17.4 Å². The van der Waals surface area contributed by atoms with Crippen LogP contribution in [-0.4, -0.2) is 57.0 Å². The molecule has 150 valence electrons. The number of hydrogen-bond acceptors (Lipinski definition) is 9. The number of ether oxygens (including phenoxy) is 1. The van der Waals surface area contributed by atoms with Gasteiger partial charge in [-0.2, -0.15) is 4.98 Å². The van der Waals surface area contributed by atoms with Gasteiger partial charge in [-0.15, -0.1) is 0 Å². The molecule has 10 heteroatoms. The Hall–Kier alpha value is -3.11. The zero-order valence-corrected chi connectivity index (χ0v) is 16.8. The third-order valence-electron chi connectivity index (χ3n) is 4.48. The largest absolute Gasteiger partial charge is 0.378 e. The fourth-order valence-corrected chi connectivity index (χ4v) is 3.99. The van der Waals surface area contributed by atoms with E-state index < -0.39 is 0 Å². The third kappa shape index (κ3) is 4.49. The van der Waals surface area contributed by atoms with E-state index in [0.717, 1.165) is 22.5 Å². The van der Waals surface area contributed by atoms with Crippen molar-refractivity contribution in [1.82, 2.24) is 24.8 Å². The summed E-state index contributed by atoms with van der Waals surface area (Å²) in [7, 11) is 1.62. The van der Waals surface area contributed by atoms with Crippen molar-refractivity contribution in [3.8, 4) is 0 Å². The van der Waals surface area contributed by atoms with Gasteiger partial charge in [0.1, 0.15) is 16.2 Å². The molecule has 0 bridgehead atoms. The second-order valence-corrected chi connectivity index (χ2v) is 7.57. The van der Waals surface area contributed by atoms with E-state index >= 15 is 0 Å². The lowest BCUT2D eigenvalue weighted by atomic mass is 10.3. The number of pyridine rings is 1. The quantitative estimate of drug-likeness (QED) is 0.572. The minimum Gasteiger partial charge on any atom is -0.378 e. The van der Waals surface area contributed by atoms with Crippen LogP contribution in [0, 0.1) is 0 Å². The fourth-order valence-electron chi connectivity index (χ4n) is 3.17. The first kappa shape index (κ1) is 19.2. The Balaban J connectivity index is 1.52. The summed E-state index contributed by atoms with van der Waals surface area (Å²) in [6, 6.07) is 5.69. The summed E-state index contributed by atoms with van der Waals surface area (Å²) >= 11 is 1.46. The molecular formula is C19H21N7O2S. The van der Waals surface area contributed by atoms with Crippen LogP contribution < -0.4 is 10.6 Å². The van der Waals surface area contributed by atoms with Gasteiger partial charge in [-0.3, -0.25) is 4.79 Å². The van der Waals surface area contributed by atoms with Crippen molar-refractivity contribution in [2.75, 3.05) is 30.8 Å². The lowest BCUT2D eigenvalue weighted by molar-refractivity contribution is -0.125. The van der Waals surface area contributed by atoms with Gasteiger partial charge in [0.2, 0.25) is 11.9 Å². The number of thiazole rings is 1. The summed E-state index contributed by atoms with van der Waals surface area (Å²) in [5.74, 6) is 1.04. The zero-order chi connectivity index (χ0) is 20.2. The van der Waals surface area contributed by atoms with Crippen molar-refractivity contribution in [2.24, 2.45) is 0 Å². The smallest absolute Gasteiger partial charge is 0.246 e. The molecule has 1 unspecified atom stereocenters. The Bertz CT molecular complexity index is 1010. The van der Waals surface area contributed by atoms with Gasteiger partial charge in [-0.1, -0.05) is 17.9 Å². The highest BCUT2D eigenvalue weighted by Crippen LogP contribution is 2.26. The number of methoxy groups -OCH3 is 1. The first-order valence-electron chi connectivity index (χ1n) is 9.18. The van der Waals surface area contributed by atoms with Crippen LogP contribution in [0.4, 0.5) is 16.9 Å². The highest BCUT2D eigenvalue weighted by Gasteiger charge is 2.25. The molecule has 4 heterocycles. The van der Waals surface area contributed by atoms with Crippen molar-refractivity contribution < 1.29 is 9.53 Å². The Labute approximate surface area is 171 Å². The lowest BCUT2D eigenvalue weighted by Crippen LogP contribution is -2.30. The number of amides is 1. The monoisotopic (exact) mass is 411 g/mol. The molecule has 1 saturated heterocycles. The van der Waals surface area contributed by atoms with Crippen LogP contribution in [0.15, 0.2) is 37.1 Å². The van der Waals surface area contributed by atoms with Gasteiger partial charge in [0.05, 0.1) is 12.3 Å². The molecule has 0 spiro atoms. The van der Waals surface area contributed by atoms with Gasteiger partial charge in [0.15, 0.2) is 5.13 Å². The number of fused-ring (bicyclic) bond motifs is 1. The highest BCUT2D eigenvalue weighted by molar-refractivity contribution is 7.21. The number of likely N-dealkylation sites (tertiary alicyclic amines) is 1. The van der Waals surface area contributed by atoms with E-state index in [1.807, 2.05) is 18.2 Å². The molecule has 0 aliphatic carbocycles. The number of nitrogens with one attached hydrogen (secondary N) is 2. The molecular weight excluding hydrogens is 390 g/mol. The molecule has 9 nitrogen and oxygen atoms in total. The van der Waals surface area contributed by atoms with Crippen LogP contribution in [0.25, 0.3) is 10.3 Å². The van der Waals surface area contributed by atoms with Gasteiger partial charge in [0.25, 0.3) is 0 Å². The van der Waals surface area contributed by atoms with Crippen LogP contribution in [0.1, 0.15) is 12.1 Å². The van der Waals surface area contributed by atoms with Crippen LogP contribution in [-0.2, 0) is 16.1 Å². The Morgan fingerprint density at radius 3 is 3.14 bits per heavy atom. The maximum atomic E-state index is 11.8. The van der Waals surface area contributed by atoms with Gasteiger partial charge in [0, 0.05) is 38.5 Å². The van der Waals surface area contributed by atoms with Crippen molar-refractivity contribution in [2.45, 2.75) is 19.1 Å². The Morgan fingerprint density at radius 1 is 1.45 bits per heavy atom. The summed E-state index contributed by atoms with van der Waals surface area (Å²) < 4.78 is 5.24. The Kier molecular flexibility index (Phi) is 5.63. The van der Waals surface area contributed by atoms with E-state index in [1.54, 1.807) is 18.2 Å². The molecule has 3 aromatic heterocycles. The SMILES string of the molecule is C=CC(=O)N1CCC(Nc2nc(COC)cc(Nc3nc4cccnc4s3)n2)C1. The molecule has 1 atom stereocenters. The highest BCUT2D eigenvalue weighted by atomic mass is 32.1. The second kappa shape index (κ2) is 8.50. The molecule has 3 aromatic rings. The molecule has 1 fully saturated rings. The van der Waals surface area contributed by atoms with E-state index in [-0.39, 0.29) is 11.9 Å². The molecule has 1 aliphatic heterocycles. The first-order chi connectivity index (χ1) is 14.1. The molecule has 0 radical (unpaired) electrons. The predicted molar refractivity (Wildman–Crippen MR) is 112 cm³/mol. The number of aromatic nitrogens is 4. The molecule has 0 aromatic carbocycles.